The van der Waals surface area contributed by atoms with Crippen molar-refractivity contribution in [3.05, 3.63) is 34.1 Å². The van der Waals surface area contributed by atoms with Crippen LogP contribution in [0.15, 0.2) is 12.1 Å². The Morgan fingerprint density at radius 3 is 2.77 bits per heavy atom. The third kappa shape index (κ3) is 2.42. The van der Waals surface area contributed by atoms with Gasteiger partial charge in [-0.2, -0.15) is 0 Å². The fourth-order valence-corrected chi connectivity index (χ4v) is 1.46. The first-order valence-electron chi connectivity index (χ1n) is 4.21. The molecule has 0 heterocycles. The van der Waals surface area contributed by atoms with Gasteiger partial charge < -0.3 is 5.11 Å². The summed E-state index contributed by atoms with van der Waals surface area (Å²) in [6.45, 7) is 1.78. The largest absolute Gasteiger partial charge is 0.396 e. The third-order valence-electron chi connectivity index (χ3n) is 1.96. The molecule has 1 aromatic carbocycles. The highest BCUT2D eigenvalue weighted by Crippen LogP contribution is 2.23. The molecule has 0 aliphatic carbocycles. The van der Waals surface area contributed by atoms with Crippen LogP contribution in [0.2, 0.25) is 5.02 Å². The van der Waals surface area contributed by atoms with Crippen LogP contribution in [0.4, 0.5) is 4.39 Å². The highest BCUT2D eigenvalue weighted by Gasteiger charge is 2.07. The topological polar surface area (TPSA) is 20.2 Å². The molecule has 72 valence electrons. The van der Waals surface area contributed by atoms with E-state index in [1.807, 2.05) is 0 Å². The molecule has 0 atom stereocenters. The van der Waals surface area contributed by atoms with Crippen LogP contribution in [0.25, 0.3) is 0 Å². The van der Waals surface area contributed by atoms with E-state index in [1.54, 1.807) is 19.1 Å². The van der Waals surface area contributed by atoms with Gasteiger partial charge in [0, 0.05) is 6.61 Å². The first kappa shape index (κ1) is 10.5. The minimum absolute atomic E-state index is 0.103. The van der Waals surface area contributed by atoms with E-state index in [4.69, 9.17) is 16.7 Å². The SMILES string of the molecule is Cc1ccc(CCCO)c(Cl)c1F. The summed E-state index contributed by atoms with van der Waals surface area (Å²) in [6, 6.07) is 3.50. The molecule has 0 aliphatic rings. The summed E-state index contributed by atoms with van der Waals surface area (Å²) in [4.78, 5) is 0. The number of aliphatic hydroxyl groups excluding tert-OH is 1. The zero-order valence-corrected chi connectivity index (χ0v) is 8.24. The maximum absolute atomic E-state index is 13.2. The minimum Gasteiger partial charge on any atom is -0.396 e. The van der Waals surface area contributed by atoms with E-state index in [9.17, 15) is 4.39 Å². The average molecular weight is 203 g/mol. The number of rotatable bonds is 3. The van der Waals surface area contributed by atoms with Gasteiger partial charge in [-0.05, 0) is 30.9 Å². The number of benzene rings is 1. The Morgan fingerprint density at radius 1 is 1.46 bits per heavy atom. The molecule has 1 rings (SSSR count). The lowest BCUT2D eigenvalue weighted by Gasteiger charge is -2.05. The molecular formula is C10H12ClFO. The van der Waals surface area contributed by atoms with Gasteiger partial charge in [0.1, 0.15) is 5.82 Å². The van der Waals surface area contributed by atoms with Gasteiger partial charge in [0.25, 0.3) is 0 Å². The van der Waals surface area contributed by atoms with E-state index in [-0.39, 0.29) is 17.4 Å². The van der Waals surface area contributed by atoms with Gasteiger partial charge in [0.2, 0.25) is 0 Å². The van der Waals surface area contributed by atoms with Crippen molar-refractivity contribution in [1.29, 1.82) is 0 Å². The van der Waals surface area contributed by atoms with Crippen molar-refractivity contribution >= 4 is 11.6 Å². The van der Waals surface area contributed by atoms with Gasteiger partial charge in [-0.25, -0.2) is 4.39 Å². The fraction of sp³-hybridized carbons (Fsp3) is 0.400. The third-order valence-corrected chi connectivity index (χ3v) is 2.37. The van der Waals surface area contributed by atoms with Crippen LogP contribution in [-0.2, 0) is 6.42 Å². The Kier molecular flexibility index (Phi) is 3.70. The Labute approximate surface area is 82.2 Å². The van der Waals surface area contributed by atoms with Gasteiger partial charge >= 0.3 is 0 Å². The van der Waals surface area contributed by atoms with Gasteiger partial charge in [0.05, 0.1) is 5.02 Å². The lowest BCUT2D eigenvalue weighted by Crippen LogP contribution is -1.94. The molecule has 0 aliphatic heterocycles. The van der Waals surface area contributed by atoms with E-state index in [1.165, 1.54) is 0 Å². The summed E-state index contributed by atoms with van der Waals surface area (Å²) in [5.74, 6) is -0.350. The van der Waals surface area contributed by atoms with Crippen LogP contribution in [0, 0.1) is 12.7 Å². The predicted octanol–water partition coefficient (Wildman–Crippen LogP) is 2.71. The number of hydrogen-bond donors (Lipinski definition) is 1. The first-order chi connectivity index (χ1) is 6.16. The second-order valence-electron chi connectivity index (χ2n) is 3.00. The lowest BCUT2D eigenvalue weighted by atomic mass is 10.1. The monoisotopic (exact) mass is 202 g/mol. The molecule has 0 radical (unpaired) electrons. The maximum atomic E-state index is 13.2. The van der Waals surface area contributed by atoms with Gasteiger partial charge in [-0.3, -0.25) is 0 Å². The summed E-state index contributed by atoms with van der Waals surface area (Å²) in [6.07, 6.45) is 1.23. The highest BCUT2D eigenvalue weighted by molar-refractivity contribution is 6.31. The van der Waals surface area contributed by atoms with Crippen molar-refractivity contribution in [1.82, 2.24) is 0 Å². The summed E-state index contributed by atoms with van der Waals surface area (Å²) in [5.41, 5.74) is 1.32. The Morgan fingerprint density at radius 2 is 2.15 bits per heavy atom. The minimum atomic E-state index is -0.350. The van der Waals surface area contributed by atoms with Crippen LogP contribution in [0.3, 0.4) is 0 Å². The zero-order valence-electron chi connectivity index (χ0n) is 7.48. The summed E-state index contributed by atoms with van der Waals surface area (Å²) < 4.78 is 13.2. The van der Waals surface area contributed by atoms with E-state index in [0.717, 1.165) is 5.56 Å². The number of aliphatic hydroxyl groups is 1. The molecule has 0 fully saturated rings. The number of aryl methyl sites for hydroxylation is 2. The Bertz CT molecular complexity index is 299. The number of halogens is 2. The molecule has 0 saturated heterocycles. The van der Waals surface area contributed by atoms with E-state index < -0.39 is 0 Å². The summed E-state index contributed by atoms with van der Waals surface area (Å²) in [5, 5.41) is 8.79. The van der Waals surface area contributed by atoms with Gasteiger partial charge in [-0.15, -0.1) is 0 Å². The molecule has 13 heavy (non-hydrogen) atoms. The highest BCUT2D eigenvalue weighted by atomic mass is 35.5. The quantitative estimate of drug-likeness (QED) is 0.799. The van der Waals surface area contributed by atoms with Crippen molar-refractivity contribution in [2.45, 2.75) is 19.8 Å². The molecule has 3 heteroatoms. The molecule has 0 bridgehead atoms. The zero-order chi connectivity index (χ0) is 9.84. The molecule has 0 spiro atoms. The average Bonchev–Trinajstić information content (AvgIpc) is 2.13. The smallest absolute Gasteiger partial charge is 0.144 e. The van der Waals surface area contributed by atoms with E-state index >= 15 is 0 Å². The number of hydrogen-bond acceptors (Lipinski definition) is 1. The second-order valence-corrected chi connectivity index (χ2v) is 3.37. The molecule has 0 amide bonds. The molecule has 0 saturated carbocycles. The van der Waals surface area contributed by atoms with Crippen molar-refractivity contribution < 1.29 is 9.50 Å². The van der Waals surface area contributed by atoms with E-state index in [0.29, 0.717) is 18.4 Å². The first-order valence-corrected chi connectivity index (χ1v) is 4.59. The lowest BCUT2D eigenvalue weighted by molar-refractivity contribution is 0.288. The van der Waals surface area contributed by atoms with Crippen molar-refractivity contribution in [3.8, 4) is 0 Å². The molecule has 0 aromatic heterocycles. The summed E-state index contributed by atoms with van der Waals surface area (Å²) >= 11 is 5.78. The fourth-order valence-electron chi connectivity index (χ4n) is 1.15. The molecule has 1 aromatic rings. The van der Waals surface area contributed by atoms with Crippen molar-refractivity contribution in [2.75, 3.05) is 6.61 Å². The van der Waals surface area contributed by atoms with Crippen molar-refractivity contribution in [3.63, 3.8) is 0 Å². The van der Waals surface area contributed by atoms with Gasteiger partial charge in [-0.1, -0.05) is 23.7 Å². The van der Waals surface area contributed by atoms with Crippen LogP contribution >= 0.6 is 11.6 Å². The normalized spacial score (nSPS) is 10.5. The standard InChI is InChI=1S/C10H12ClFO/c1-7-4-5-8(3-2-6-13)9(11)10(7)12/h4-5,13H,2-3,6H2,1H3. The molecular weight excluding hydrogens is 191 g/mol. The Balaban J connectivity index is 2.90. The Hall–Kier alpha value is -0.600. The summed E-state index contributed by atoms with van der Waals surface area (Å²) in [7, 11) is 0. The van der Waals surface area contributed by atoms with Crippen molar-refractivity contribution in [2.24, 2.45) is 0 Å². The van der Waals surface area contributed by atoms with Crippen LogP contribution in [0.1, 0.15) is 17.5 Å². The van der Waals surface area contributed by atoms with Crippen LogP contribution in [-0.4, -0.2) is 11.7 Å². The van der Waals surface area contributed by atoms with Crippen LogP contribution < -0.4 is 0 Å². The molecule has 1 N–H and O–H groups in total. The maximum Gasteiger partial charge on any atom is 0.144 e. The van der Waals surface area contributed by atoms with E-state index in [2.05, 4.69) is 0 Å². The predicted molar refractivity (Wildman–Crippen MR) is 51.6 cm³/mol. The van der Waals surface area contributed by atoms with Crippen LogP contribution in [0.5, 0.6) is 0 Å². The molecule has 1 nitrogen and oxygen atoms in total. The van der Waals surface area contributed by atoms with Gasteiger partial charge in [0.15, 0.2) is 0 Å². The molecule has 0 unspecified atom stereocenters. The second kappa shape index (κ2) is 4.58.